The van der Waals surface area contributed by atoms with Gasteiger partial charge in [0.05, 0.1) is 12.0 Å². The van der Waals surface area contributed by atoms with Crippen molar-refractivity contribution in [3.05, 3.63) is 29.3 Å². The first-order valence-corrected chi connectivity index (χ1v) is 9.02. The van der Waals surface area contributed by atoms with Crippen LogP contribution < -0.4 is 15.5 Å². The van der Waals surface area contributed by atoms with Gasteiger partial charge in [0.15, 0.2) is 0 Å². The Labute approximate surface area is 148 Å². The average Bonchev–Trinajstić information content (AvgIpc) is 3.04. The minimum Gasteiger partial charge on any atom is -0.384 e. The monoisotopic (exact) mass is 351 g/mol. The van der Waals surface area contributed by atoms with Crippen molar-refractivity contribution >= 4 is 23.2 Å². The predicted molar refractivity (Wildman–Crippen MR) is 96.6 cm³/mol. The fraction of sp³-hybridized carbons (Fsp3) is 0.611. The van der Waals surface area contributed by atoms with Gasteiger partial charge in [-0.3, -0.25) is 4.79 Å². The second kappa shape index (κ2) is 7.72. The van der Waals surface area contributed by atoms with Crippen molar-refractivity contribution in [1.29, 1.82) is 0 Å². The first-order valence-electron chi connectivity index (χ1n) is 8.64. The van der Waals surface area contributed by atoms with Crippen LogP contribution in [-0.2, 0) is 9.53 Å². The summed E-state index contributed by atoms with van der Waals surface area (Å²) in [5.74, 6) is 0.142. The lowest BCUT2D eigenvalue weighted by Gasteiger charge is -2.36. The van der Waals surface area contributed by atoms with Crippen LogP contribution in [0.5, 0.6) is 0 Å². The molecule has 6 heteroatoms. The normalized spacial score (nSPS) is 23.2. The largest absolute Gasteiger partial charge is 0.384 e. The Morgan fingerprint density at radius 1 is 1.46 bits per heavy atom. The van der Waals surface area contributed by atoms with Crippen molar-refractivity contribution in [3.8, 4) is 0 Å². The third kappa shape index (κ3) is 3.85. The lowest BCUT2D eigenvalue weighted by Crippen LogP contribution is -2.52. The highest BCUT2D eigenvalue weighted by Gasteiger charge is 2.41. The molecule has 0 aromatic heterocycles. The van der Waals surface area contributed by atoms with E-state index in [2.05, 4.69) is 21.6 Å². The number of rotatable bonds is 5. The van der Waals surface area contributed by atoms with E-state index in [1.165, 1.54) is 0 Å². The molecule has 1 unspecified atom stereocenters. The van der Waals surface area contributed by atoms with Crippen molar-refractivity contribution in [1.82, 2.24) is 10.6 Å². The highest BCUT2D eigenvalue weighted by atomic mass is 35.5. The first kappa shape index (κ1) is 17.5. The van der Waals surface area contributed by atoms with Crippen LogP contribution in [0.1, 0.15) is 19.3 Å². The van der Waals surface area contributed by atoms with Crippen molar-refractivity contribution in [3.63, 3.8) is 0 Å². The summed E-state index contributed by atoms with van der Waals surface area (Å²) in [7, 11) is 1.67. The summed E-state index contributed by atoms with van der Waals surface area (Å²) < 4.78 is 5.36. The van der Waals surface area contributed by atoms with E-state index in [9.17, 15) is 4.79 Å². The highest BCUT2D eigenvalue weighted by Crippen LogP contribution is 2.30. The number of halogens is 1. The molecule has 0 spiro atoms. The molecule has 1 amide bonds. The molecule has 2 aliphatic rings. The van der Waals surface area contributed by atoms with E-state index in [4.69, 9.17) is 16.3 Å². The summed E-state index contributed by atoms with van der Waals surface area (Å²) in [5.41, 5.74) is 0.733. The third-order valence-corrected chi connectivity index (χ3v) is 5.39. The van der Waals surface area contributed by atoms with Crippen molar-refractivity contribution < 1.29 is 9.53 Å². The number of nitrogens with zero attached hydrogens (tertiary/aromatic N) is 1. The van der Waals surface area contributed by atoms with Crippen LogP contribution in [0.25, 0.3) is 0 Å². The Kier molecular flexibility index (Phi) is 5.64. The molecule has 24 heavy (non-hydrogen) atoms. The zero-order valence-electron chi connectivity index (χ0n) is 14.2. The first-order chi connectivity index (χ1) is 11.6. The molecule has 1 aromatic rings. The molecular formula is C18H26ClN3O2. The Hall–Kier alpha value is -1.30. The molecule has 3 rings (SSSR count). The molecule has 132 valence electrons. The number of carbonyl (C=O) groups is 1. The predicted octanol–water partition coefficient (Wildman–Crippen LogP) is 2.05. The van der Waals surface area contributed by atoms with Crippen LogP contribution in [-0.4, -0.2) is 51.8 Å². The Balaban J connectivity index is 1.61. The van der Waals surface area contributed by atoms with Gasteiger partial charge >= 0.3 is 0 Å². The summed E-state index contributed by atoms with van der Waals surface area (Å²) in [6, 6.07) is 8.07. The number of piperidine rings is 1. The van der Waals surface area contributed by atoms with E-state index in [0.717, 1.165) is 56.2 Å². The topological polar surface area (TPSA) is 53.6 Å². The van der Waals surface area contributed by atoms with Crippen molar-refractivity contribution in [2.24, 2.45) is 5.41 Å². The number of benzene rings is 1. The zero-order chi connectivity index (χ0) is 17.0. The van der Waals surface area contributed by atoms with E-state index in [-0.39, 0.29) is 17.4 Å². The molecule has 0 aliphatic carbocycles. The molecule has 2 saturated heterocycles. The quantitative estimate of drug-likeness (QED) is 0.852. The van der Waals surface area contributed by atoms with Gasteiger partial charge in [-0.25, -0.2) is 0 Å². The maximum atomic E-state index is 12.9. The fourth-order valence-corrected chi connectivity index (χ4v) is 3.93. The van der Waals surface area contributed by atoms with Crippen LogP contribution in [0.3, 0.4) is 0 Å². The number of ether oxygens (including phenoxy) is 1. The summed E-state index contributed by atoms with van der Waals surface area (Å²) in [4.78, 5) is 15.2. The maximum absolute atomic E-state index is 12.9. The molecule has 2 aliphatic heterocycles. The number of hydrogen-bond donors (Lipinski definition) is 2. The Morgan fingerprint density at radius 3 is 2.96 bits per heavy atom. The van der Waals surface area contributed by atoms with Gasteiger partial charge in [0.25, 0.3) is 0 Å². The SMILES string of the molecule is COCC1(C(=O)NC2CCN(c3cccc(Cl)c3)C2)CCNCC1. The van der Waals surface area contributed by atoms with Gasteiger partial charge in [0.1, 0.15) is 0 Å². The highest BCUT2D eigenvalue weighted by molar-refractivity contribution is 6.30. The van der Waals surface area contributed by atoms with Gasteiger partial charge in [0, 0.05) is 37.0 Å². The minimum absolute atomic E-state index is 0.142. The van der Waals surface area contributed by atoms with E-state index >= 15 is 0 Å². The smallest absolute Gasteiger partial charge is 0.228 e. The second-order valence-corrected chi connectivity index (χ2v) is 7.28. The molecule has 1 atom stereocenters. The van der Waals surface area contributed by atoms with Gasteiger partial charge in [-0.15, -0.1) is 0 Å². The molecule has 2 heterocycles. The van der Waals surface area contributed by atoms with Gasteiger partial charge in [-0.05, 0) is 50.6 Å². The summed E-state index contributed by atoms with van der Waals surface area (Å²) in [6.45, 7) is 3.99. The van der Waals surface area contributed by atoms with Crippen molar-refractivity contribution in [2.45, 2.75) is 25.3 Å². The Morgan fingerprint density at radius 2 is 2.25 bits per heavy atom. The lowest BCUT2D eigenvalue weighted by atomic mass is 9.78. The molecule has 0 saturated carbocycles. The van der Waals surface area contributed by atoms with Gasteiger partial charge < -0.3 is 20.3 Å². The van der Waals surface area contributed by atoms with E-state index in [0.29, 0.717) is 6.61 Å². The number of carbonyl (C=O) groups excluding carboxylic acids is 1. The molecule has 5 nitrogen and oxygen atoms in total. The fourth-order valence-electron chi connectivity index (χ4n) is 3.74. The molecular weight excluding hydrogens is 326 g/mol. The number of nitrogens with one attached hydrogen (secondary N) is 2. The van der Waals surface area contributed by atoms with Crippen molar-refractivity contribution in [2.75, 3.05) is 44.8 Å². The number of anilines is 1. The average molecular weight is 352 g/mol. The summed E-state index contributed by atoms with van der Waals surface area (Å²) in [5, 5.41) is 7.34. The molecule has 0 bridgehead atoms. The van der Waals surface area contributed by atoms with Crippen LogP contribution in [0.15, 0.2) is 24.3 Å². The van der Waals surface area contributed by atoms with E-state index in [1.807, 2.05) is 18.2 Å². The maximum Gasteiger partial charge on any atom is 0.228 e. The van der Waals surface area contributed by atoms with Gasteiger partial charge in [0.2, 0.25) is 5.91 Å². The third-order valence-electron chi connectivity index (χ3n) is 5.16. The lowest BCUT2D eigenvalue weighted by molar-refractivity contribution is -0.136. The number of methoxy groups -OCH3 is 1. The van der Waals surface area contributed by atoms with Crippen LogP contribution >= 0.6 is 11.6 Å². The second-order valence-electron chi connectivity index (χ2n) is 6.85. The minimum atomic E-state index is -0.385. The standard InChI is InChI=1S/C18H26ClN3O2/c1-24-13-18(6-8-20-9-7-18)17(23)21-15-5-10-22(12-15)16-4-2-3-14(19)11-16/h2-4,11,15,20H,5-10,12-13H2,1H3,(H,21,23). The Bertz CT molecular complexity index is 570. The zero-order valence-corrected chi connectivity index (χ0v) is 14.9. The summed E-state index contributed by atoms with van der Waals surface area (Å²) >= 11 is 6.08. The molecule has 2 N–H and O–H groups in total. The van der Waals surface area contributed by atoms with Crippen LogP contribution in [0.4, 0.5) is 5.69 Å². The summed E-state index contributed by atoms with van der Waals surface area (Å²) in [6.07, 6.45) is 2.62. The van der Waals surface area contributed by atoms with Gasteiger partial charge in [-0.2, -0.15) is 0 Å². The van der Waals surface area contributed by atoms with E-state index < -0.39 is 0 Å². The number of amides is 1. The molecule has 1 aromatic carbocycles. The van der Waals surface area contributed by atoms with Gasteiger partial charge in [-0.1, -0.05) is 17.7 Å². The van der Waals surface area contributed by atoms with Crippen LogP contribution in [0.2, 0.25) is 5.02 Å². The van der Waals surface area contributed by atoms with Crippen LogP contribution in [0, 0.1) is 5.41 Å². The molecule has 0 radical (unpaired) electrons. The molecule has 2 fully saturated rings. The van der Waals surface area contributed by atoms with E-state index in [1.54, 1.807) is 7.11 Å². The number of hydrogen-bond acceptors (Lipinski definition) is 4.